The standard InChI is InChI=1S/C11H8N2O3S/c14-9(15)6-8-12-13-11(17-8)10(16)7-4-2-1-3-5-7/h1-5H,6H2,(H,14,15). The van der Waals surface area contributed by atoms with E-state index < -0.39 is 5.97 Å². The lowest BCUT2D eigenvalue weighted by Gasteiger charge is -1.94. The molecular weight excluding hydrogens is 240 g/mol. The summed E-state index contributed by atoms with van der Waals surface area (Å²) in [6.07, 6.45) is -0.209. The van der Waals surface area contributed by atoms with Crippen molar-refractivity contribution in [3.8, 4) is 0 Å². The van der Waals surface area contributed by atoms with E-state index in [0.717, 1.165) is 11.3 Å². The molecular formula is C11H8N2O3S. The molecule has 0 bridgehead atoms. The quantitative estimate of drug-likeness (QED) is 0.827. The fourth-order valence-electron chi connectivity index (χ4n) is 1.26. The van der Waals surface area contributed by atoms with Crippen molar-refractivity contribution in [1.82, 2.24) is 10.2 Å². The second kappa shape index (κ2) is 4.84. The van der Waals surface area contributed by atoms with Crippen LogP contribution >= 0.6 is 11.3 Å². The maximum atomic E-state index is 11.9. The van der Waals surface area contributed by atoms with E-state index in [4.69, 9.17) is 5.11 Å². The normalized spacial score (nSPS) is 10.1. The molecule has 0 aliphatic rings. The first-order valence-corrected chi connectivity index (χ1v) is 5.62. The van der Waals surface area contributed by atoms with Crippen LogP contribution in [0.3, 0.4) is 0 Å². The van der Waals surface area contributed by atoms with Gasteiger partial charge in [-0.1, -0.05) is 41.7 Å². The number of aliphatic carboxylic acids is 1. The van der Waals surface area contributed by atoms with Crippen LogP contribution in [-0.2, 0) is 11.2 Å². The van der Waals surface area contributed by atoms with Crippen molar-refractivity contribution in [2.24, 2.45) is 0 Å². The Kier molecular flexibility index (Phi) is 3.24. The Morgan fingerprint density at radius 3 is 2.53 bits per heavy atom. The maximum absolute atomic E-state index is 11.9. The van der Waals surface area contributed by atoms with Crippen LogP contribution in [0.15, 0.2) is 30.3 Å². The molecule has 1 heterocycles. The highest BCUT2D eigenvalue weighted by Crippen LogP contribution is 2.15. The largest absolute Gasteiger partial charge is 0.481 e. The summed E-state index contributed by atoms with van der Waals surface area (Å²) < 4.78 is 0. The minimum absolute atomic E-state index is 0.209. The molecule has 1 aromatic heterocycles. The topological polar surface area (TPSA) is 80.2 Å². The predicted octanol–water partition coefficient (Wildman–Crippen LogP) is 1.40. The summed E-state index contributed by atoms with van der Waals surface area (Å²) in [7, 11) is 0. The lowest BCUT2D eigenvalue weighted by atomic mass is 10.1. The molecule has 0 aliphatic heterocycles. The Balaban J connectivity index is 2.21. The molecule has 0 saturated carbocycles. The van der Waals surface area contributed by atoms with E-state index in [1.54, 1.807) is 24.3 Å². The fourth-order valence-corrected chi connectivity index (χ4v) is 2.05. The Hall–Kier alpha value is -2.08. The van der Waals surface area contributed by atoms with E-state index >= 15 is 0 Å². The van der Waals surface area contributed by atoms with Crippen molar-refractivity contribution in [2.45, 2.75) is 6.42 Å². The van der Waals surface area contributed by atoms with Gasteiger partial charge in [0.1, 0.15) is 5.01 Å². The second-order valence-corrected chi connectivity index (χ2v) is 4.33. The summed E-state index contributed by atoms with van der Waals surface area (Å²) in [5.41, 5.74) is 0.519. The number of rotatable bonds is 4. The van der Waals surface area contributed by atoms with Gasteiger partial charge in [-0.05, 0) is 0 Å². The third-order valence-electron chi connectivity index (χ3n) is 2.00. The van der Waals surface area contributed by atoms with Crippen LogP contribution in [0, 0.1) is 0 Å². The molecule has 0 aliphatic carbocycles. The van der Waals surface area contributed by atoms with E-state index in [1.807, 2.05) is 6.07 Å². The molecule has 0 amide bonds. The molecule has 0 atom stereocenters. The van der Waals surface area contributed by atoms with Crippen LogP contribution in [-0.4, -0.2) is 27.1 Å². The Morgan fingerprint density at radius 2 is 1.88 bits per heavy atom. The van der Waals surface area contributed by atoms with Crippen LogP contribution in [0.25, 0.3) is 0 Å². The molecule has 1 N–H and O–H groups in total. The molecule has 0 radical (unpaired) electrons. The zero-order valence-electron chi connectivity index (χ0n) is 8.66. The molecule has 1 aromatic carbocycles. The number of benzene rings is 1. The highest BCUT2D eigenvalue weighted by molar-refractivity contribution is 7.13. The van der Waals surface area contributed by atoms with Crippen molar-refractivity contribution in [1.29, 1.82) is 0 Å². The summed E-state index contributed by atoms with van der Waals surface area (Å²) in [4.78, 5) is 22.4. The monoisotopic (exact) mass is 248 g/mol. The summed E-state index contributed by atoms with van der Waals surface area (Å²) in [5.74, 6) is -1.22. The summed E-state index contributed by atoms with van der Waals surface area (Å²) >= 11 is 1.01. The van der Waals surface area contributed by atoms with Crippen molar-refractivity contribution < 1.29 is 14.7 Å². The van der Waals surface area contributed by atoms with E-state index in [-0.39, 0.29) is 17.2 Å². The number of carboxylic acid groups (broad SMARTS) is 1. The third kappa shape index (κ3) is 2.73. The number of aromatic nitrogens is 2. The average molecular weight is 248 g/mol. The number of carbonyl (C=O) groups is 2. The molecule has 6 heteroatoms. The van der Waals surface area contributed by atoms with Crippen molar-refractivity contribution in [3.05, 3.63) is 45.9 Å². The number of carboxylic acids is 1. The van der Waals surface area contributed by atoms with E-state index in [1.165, 1.54) is 0 Å². The van der Waals surface area contributed by atoms with Crippen LogP contribution in [0.1, 0.15) is 20.4 Å². The van der Waals surface area contributed by atoms with Gasteiger partial charge in [-0.2, -0.15) is 0 Å². The molecule has 2 rings (SSSR count). The average Bonchev–Trinajstić information content (AvgIpc) is 2.77. The molecule has 86 valence electrons. The van der Waals surface area contributed by atoms with E-state index in [9.17, 15) is 9.59 Å². The maximum Gasteiger partial charge on any atom is 0.310 e. The summed E-state index contributed by atoms with van der Waals surface area (Å²) in [5, 5.41) is 16.5. The van der Waals surface area contributed by atoms with Crippen LogP contribution in [0.5, 0.6) is 0 Å². The highest BCUT2D eigenvalue weighted by Gasteiger charge is 2.15. The van der Waals surface area contributed by atoms with Gasteiger partial charge in [0.25, 0.3) is 0 Å². The second-order valence-electron chi connectivity index (χ2n) is 3.27. The van der Waals surface area contributed by atoms with E-state index in [2.05, 4.69) is 10.2 Å². The fraction of sp³-hybridized carbons (Fsp3) is 0.0909. The van der Waals surface area contributed by atoms with Gasteiger partial charge >= 0.3 is 5.97 Å². The SMILES string of the molecule is O=C(O)Cc1nnc(C(=O)c2ccccc2)s1. The molecule has 5 nitrogen and oxygen atoms in total. The third-order valence-corrected chi connectivity index (χ3v) is 2.92. The lowest BCUT2D eigenvalue weighted by molar-refractivity contribution is -0.136. The summed E-state index contributed by atoms with van der Waals surface area (Å²) in [6.45, 7) is 0. The lowest BCUT2D eigenvalue weighted by Crippen LogP contribution is -1.99. The predicted molar refractivity (Wildman–Crippen MR) is 61.1 cm³/mol. The van der Waals surface area contributed by atoms with Crippen molar-refractivity contribution in [2.75, 3.05) is 0 Å². The minimum atomic E-state index is -0.986. The Morgan fingerprint density at radius 1 is 1.18 bits per heavy atom. The molecule has 2 aromatic rings. The van der Waals surface area contributed by atoms with Crippen LogP contribution in [0.4, 0.5) is 0 Å². The number of hydrogen-bond donors (Lipinski definition) is 1. The zero-order chi connectivity index (χ0) is 12.3. The summed E-state index contributed by atoms with van der Waals surface area (Å²) in [6, 6.07) is 8.69. The van der Waals surface area contributed by atoms with E-state index in [0.29, 0.717) is 10.6 Å². The Labute approximate surface area is 101 Å². The first-order chi connectivity index (χ1) is 8.16. The van der Waals surface area contributed by atoms with Crippen molar-refractivity contribution in [3.63, 3.8) is 0 Å². The van der Waals surface area contributed by atoms with Gasteiger partial charge in [0.05, 0.1) is 6.42 Å². The van der Waals surface area contributed by atoms with Gasteiger partial charge in [0, 0.05) is 5.56 Å². The Bertz CT molecular complexity index is 551. The number of carbonyl (C=O) groups excluding carboxylic acids is 1. The van der Waals surface area contributed by atoms with Crippen LogP contribution < -0.4 is 0 Å². The van der Waals surface area contributed by atoms with Gasteiger partial charge in [-0.3, -0.25) is 9.59 Å². The zero-order valence-corrected chi connectivity index (χ0v) is 9.48. The minimum Gasteiger partial charge on any atom is -0.481 e. The van der Waals surface area contributed by atoms with Crippen LogP contribution in [0.2, 0.25) is 0 Å². The highest BCUT2D eigenvalue weighted by atomic mass is 32.1. The van der Waals surface area contributed by atoms with Gasteiger partial charge in [0.2, 0.25) is 5.78 Å². The van der Waals surface area contributed by atoms with Gasteiger partial charge < -0.3 is 5.11 Å². The first-order valence-electron chi connectivity index (χ1n) is 4.81. The van der Waals surface area contributed by atoms with Gasteiger partial charge in [0.15, 0.2) is 5.01 Å². The number of ketones is 1. The number of nitrogens with zero attached hydrogens (tertiary/aromatic N) is 2. The molecule has 0 spiro atoms. The molecule has 0 saturated heterocycles. The molecule has 17 heavy (non-hydrogen) atoms. The van der Waals surface area contributed by atoms with Gasteiger partial charge in [-0.15, -0.1) is 10.2 Å². The van der Waals surface area contributed by atoms with Gasteiger partial charge in [-0.25, -0.2) is 0 Å². The first kappa shape index (κ1) is 11.4. The van der Waals surface area contributed by atoms with Crippen molar-refractivity contribution >= 4 is 23.1 Å². The smallest absolute Gasteiger partial charge is 0.310 e. The molecule has 0 unspecified atom stereocenters. The molecule has 0 fully saturated rings. The number of hydrogen-bond acceptors (Lipinski definition) is 5.